The Bertz CT molecular complexity index is 328. The Morgan fingerprint density at radius 1 is 1.87 bits per heavy atom. The molecular formula is C8H14N4O2S. The lowest BCUT2D eigenvalue weighted by atomic mass is 10.4. The molecule has 84 valence electrons. The van der Waals surface area contributed by atoms with Gasteiger partial charge in [-0.3, -0.25) is 10.2 Å². The van der Waals surface area contributed by atoms with Crippen LogP contribution in [0.25, 0.3) is 0 Å². The molecule has 15 heavy (non-hydrogen) atoms. The first-order chi connectivity index (χ1) is 7.19. The fourth-order valence-corrected chi connectivity index (χ4v) is 1.98. The summed E-state index contributed by atoms with van der Waals surface area (Å²) in [6.45, 7) is 0.292. The van der Waals surface area contributed by atoms with E-state index in [1.165, 1.54) is 18.9 Å². The average Bonchev–Trinajstić information content (AvgIpc) is 2.63. The fourth-order valence-electron chi connectivity index (χ4n) is 1.00. The highest BCUT2D eigenvalue weighted by molar-refractivity contribution is 8.00. The van der Waals surface area contributed by atoms with Gasteiger partial charge >= 0.3 is 0 Å². The van der Waals surface area contributed by atoms with Crippen molar-refractivity contribution in [3.05, 3.63) is 12.4 Å². The van der Waals surface area contributed by atoms with Crippen LogP contribution in [0.3, 0.4) is 0 Å². The number of nitrogens with two attached hydrogens (primary N) is 1. The number of aryl methyl sites for hydroxylation is 1. The van der Waals surface area contributed by atoms with Crippen LogP contribution in [-0.4, -0.2) is 34.4 Å². The minimum absolute atomic E-state index is 0.273. The van der Waals surface area contributed by atoms with Gasteiger partial charge in [-0.05, 0) is 0 Å². The van der Waals surface area contributed by atoms with E-state index in [4.69, 9.17) is 10.6 Å². The monoisotopic (exact) mass is 230 g/mol. The van der Waals surface area contributed by atoms with Crippen molar-refractivity contribution < 1.29 is 9.53 Å². The Balaban J connectivity index is 2.66. The van der Waals surface area contributed by atoms with Gasteiger partial charge in [0.2, 0.25) is 5.91 Å². The summed E-state index contributed by atoms with van der Waals surface area (Å²) in [5, 5.41) is 0.363. The number of nitrogens with zero attached hydrogens (tertiary/aromatic N) is 2. The maximum Gasteiger partial charge on any atom is 0.249 e. The van der Waals surface area contributed by atoms with Crippen molar-refractivity contribution in [1.82, 2.24) is 15.0 Å². The summed E-state index contributed by atoms with van der Waals surface area (Å²) in [5.41, 5.74) is 2.10. The van der Waals surface area contributed by atoms with Crippen molar-refractivity contribution in [1.29, 1.82) is 0 Å². The summed E-state index contributed by atoms with van der Waals surface area (Å²) >= 11 is 1.31. The molecule has 0 saturated carbocycles. The lowest BCUT2D eigenvalue weighted by Crippen LogP contribution is -2.39. The van der Waals surface area contributed by atoms with Crippen molar-refractivity contribution in [2.45, 2.75) is 10.4 Å². The molecule has 1 unspecified atom stereocenters. The van der Waals surface area contributed by atoms with Gasteiger partial charge in [0, 0.05) is 26.6 Å². The number of thioether (sulfide) groups is 1. The number of imidazole rings is 1. The first-order valence-corrected chi connectivity index (χ1v) is 5.20. The highest BCUT2D eigenvalue weighted by atomic mass is 32.2. The molecule has 3 N–H and O–H groups in total. The van der Waals surface area contributed by atoms with Gasteiger partial charge in [-0.15, -0.1) is 0 Å². The Morgan fingerprint density at radius 3 is 3.07 bits per heavy atom. The van der Waals surface area contributed by atoms with E-state index in [0.29, 0.717) is 6.61 Å². The van der Waals surface area contributed by atoms with E-state index >= 15 is 0 Å². The number of amides is 1. The number of rotatable bonds is 5. The van der Waals surface area contributed by atoms with Gasteiger partial charge in [-0.2, -0.15) is 0 Å². The summed E-state index contributed by atoms with van der Waals surface area (Å²) < 4.78 is 6.77. The van der Waals surface area contributed by atoms with E-state index in [1.807, 2.05) is 17.8 Å². The van der Waals surface area contributed by atoms with E-state index in [0.717, 1.165) is 5.16 Å². The highest BCUT2D eigenvalue weighted by Crippen LogP contribution is 2.21. The largest absolute Gasteiger partial charge is 0.383 e. The molecule has 1 amide bonds. The molecule has 0 aliphatic carbocycles. The number of hydrazine groups is 1. The van der Waals surface area contributed by atoms with Gasteiger partial charge in [0.1, 0.15) is 5.25 Å². The van der Waals surface area contributed by atoms with Gasteiger partial charge in [0.05, 0.1) is 6.61 Å². The van der Waals surface area contributed by atoms with Gasteiger partial charge in [0.15, 0.2) is 5.16 Å². The molecule has 0 spiro atoms. The quantitative estimate of drug-likeness (QED) is 0.309. The van der Waals surface area contributed by atoms with Gasteiger partial charge in [0.25, 0.3) is 0 Å². The summed E-state index contributed by atoms with van der Waals surface area (Å²) in [5.74, 6) is 4.80. The SMILES string of the molecule is COCC(Sc1nccn1C)C(=O)NN. The molecule has 1 heterocycles. The second-order valence-electron chi connectivity index (χ2n) is 2.89. The molecule has 1 atom stereocenters. The summed E-state index contributed by atoms with van der Waals surface area (Å²) in [6, 6.07) is 0. The fraction of sp³-hybridized carbons (Fsp3) is 0.500. The maximum absolute atomic E-state index is 11.4. The van der Waals surface area contributed by atoms with Crippen molar-refractivity contribution in [2.75, 3.05) is 13.7 Å². The summed E-state index contributed by atoms with van der Waals surface area (Å²) in [6.07, 6.45) is 3.49. The summed E-state index contributed by atoms with van der Waals surface area (Å²) in [7, 11) is 3.40. The zero-order valence-corrected chi connectivity index (χ0v) is 9.45. The number of hydrogen-bond donors (Lipinski definition) is 2. The Hall–Kier alpha value is -1.05. The van der Waals surface area contributed by atoms with Crippen LogP contribution in [0, 0.1) is 0 Å². The van der Waals surface area contributed by atoms with Crippen LogP contribution in [0.15, 0.2) is 17.6 Å². The molecule has 1 rings (SSSR count). The molecule has 1 aromatic rings. The van der Waals surface area contributed by atoms with E-state index in [-0.39, 0.29) is 11.2 Å². The molecule has 0 aliphatic rings. The molecule has 0 radical (unpaired) electrons. The van der Waals surface area contributed by atoms with Crippen LogP contribution in [0.4, 0.5) is 0 Å². The third kappa shape index (κ3) is 3.22. The number of aromatic nitrogens is 2. The third-order valence-corrected chi connectivity index (χ3v) is 3.02. The predicted molar refractivity (Wildman–Crippen MR) is 57.1 cm³/mol. The van der Waals surface area contributed by atoms with Gasteiger partial charge in [-0.25, -0.2) is 10.8 Å². The van der Waals surface area contributed by atoms with E-state index in [9.17, 15) is 4.79 Å². The molecule has 7 heteroatoms. The van der Waals surface area contributed by atoms with Crippen molar-refractivity contribution >= 4 is 17.7 Å². The molecule has 0 bridgehead atoms. The Morgan fingerprint density at radius 2 is 2.60 bits per heavy atom. The second-order valence-corrected chi connectivity index (χ2v) is 4.06. The van der Waals surface area contributed by atoms with Crippen LogP contribution in [0.5, 0.6) is 0 Å². The molecule has 0 fully saturated rings. The number of carbonyl (C=O) groups excluding carboxylic acids is 1. The standard InChI is InChI=1S/C8H14N4O2S/c1-12-4-3-10-8(12)15-6(5-14-2)7(13)11-9/h3-4,6H,5,9H2,1-2H3,(H,11,13). The highest BCUT2D eigenvalue weighted by Gasteiger charge is 2.20. The molecular weight excluding hydrogens is 216 g/mol. The normalized spacial score (nSPS) is 12.5. The predicted octanol–water partition coefficient (Wildman–Crippen LogP) is -0.483. The second kappa shape index (κ2) is 5.74. The zero-order valence-electron chi connectivity index (χ0n) is 8.64. The topological polar surface area (TPSA) is 82.2 Å². The lowest BCUT2D eigenvalue weighted by Gasteiger charge is -2.12. The molecule has 0 aliphatic heterocycles. The van der Waals surface area contributed by atoms with E-state index in [1.54, 1.807) is 6.20 Å². The number of ether oxygens (including phenoxy) is 1. The first kappa shape index (κ1) is 12.0. The number of hydrogen-bond acceptors (Lipinski definition) is 5. The summed E-state index contributed by atoms with van der Waals surface area (Å²) in [4.78, 5) is 15.5. The van der Waals surface area contributed by atoms with Gasteiger partial charge < -0.3 is 9.30 Å². The molecule has 0 aromatic carbocycles. The number of methoxy groups -OCH3 is 1. The van der Waals surface area contributed by atoms with Gasteiger partial charge in [-0.1, -0.05) is 11.8 Å². The molecule has 0 saturated heterocycles. The minimum atomic E-state index is -0.388. The van der Waals surface area contributed by atoms with Crippen LogP contribution in [0.2, 0.25) is 0 Å². The Labute approximate surface area is 92.2 Å². The van der Waals surface area contributed by atoms with Crippen molar-refractivity contribution in [3.63, 3.8) is 0 Å². The van der Waals surface area contributed by atoms with Crippen molar-refractivity contribution in [3.8, 4) is 0 Å². The number of carbonyl (C=O) groups is 1. The van der Waals surface area contributed by atoms with Crippen molar-refractivity contribution in [2.24, 2.45) is 12.9 Å². The smallest absolute Gasteiger partial charge is 0.249 e. The lowest BCUT2D eigenvalue weighted by molar-refractivity contribution is -0.121. The molecule has 6 nitrogen and oxygen atoms in total. The number of nitrogens with one attached hydrogen (secondary N) is 1. The third-order valence-electron chi connectivity index (χ3n) is 1.78. The maximum atomic E-state index is 11.4. The van der Waals surface area contributed by atoms with Crippen LogP contribution in [0.1, 0.15) is 0 Å². The minimum Gasteiger partial charge on any atom is -0.383 e. The first-order valence-electron chi connectivity index (χ1n) is 4.32. The van der Waals surface area contributed by atoms with E-state index < -0.39 is 0 Å². The average molecular weight is 230 g/mol. The van der Waals surface area contributed by atoms with Crippen LogP contribution < -0.4 is 11.3 Å². The van der Waals surface area contributed by atoms with E-state index in [2.05, 4.69) is 10.4 Å². The Kier molecular flexibility index (Phi) is 4.60. The molecule has 1 aromatic heterocycles. The van der Waals surface area contributed by atoms with Crippen LogP contribution >= 0.6 is 11.8 Å². The van der Waals surface area contributed by atoms with Crippen LogP contribution in [-0.2, 0) is 16.6 Å². The zero-order chi connectivity index (χ0) is 11.3.